The molecule has 0 radical (unpaired) electrons. The highest BCUT2D eigenvalue weighted by molar-refractivity contribution is 6.03. The van der Waals surface area contributed by atoms with Gasteiger partial charge in [-0.15, -0.1) is 0 Å². The smallest absolute Gasteiger partial charge is 0.475 e. The molecule has 2 aliphatic heterocycles. The van der Waals surface area contributed by atoms with Gasteiger partial charge in [0.05, 0.1) is 6.26 Å². The topological polar surface area (TPSA) is 186 Å². The minimum absolute atomic E-state index is 0.00542. The number of carboxylic acid groups (broad SMARTS) is 1. The van der Waals surface area contributed by atoms with Crippen LogP contribution in [0.25, 0.3) is 11.1 Å². The molecule has 1 amide bonds. The van der Waals surface area contributed by atoms with Crippen LogP contribution in [0, 0.1) is 22.5 Å². The Bertz CT molecular complexity index is 1390. The maximum Gasteiger partial charge on any atom is 0.490 e. The number of nitrogens with one attached hydrogen (secondary N) is 3. The molecule has 4 rings (SSSR count). The van der Waals surface area contributed by atoms with Crippen molar-refractivity contribution in [2.75, 3.05) is 31.5 Å². The Kier molecular flexibility index (Phi) is 9.36. The molecule has 8 N–H and O–H groups in total. The average Bonchev–Trinajstić information content (AvgIpc) is 3.39. The molecule has 0 spiro atoms. The molecule has 0 atom stereocenters. The predicted molar refractivity (Wildman–Crippen MR) is 139 cm³/mol. The van der Waals surface area contributed by atoms with Crippen LogP contribution in [0.2, 0.25) is 0 Å². The molecule has 0 bridgehead atoms. The summed E-state index contributed by atoms with van der Waals surface area (Å²) in [6.45, 7) is 1.77. The lowest BCUT2D eigenvalue weighted by atomic mass is 9.98. The van der Waals surface area contributed by atoms with Crippen molar-refractivity contribution in [1.29, 1.82) is 10.8 Å². The van der Waals surface area contributed by atoms with E-state index in [0.29, 0.717) is 44.6 Å². The lowest BCUT2D eigenvalue weighted by Crippen LogP contribution is -2.39. The number of rotatable bonds is 4. The van der Waals surface area contributed by atoms with E-state index in [1.54, 1.807) is 21.9 Å². The fourth-order valence-corrected chi connectivity index (χ4v) is 4.03. The van der Waals surface area contributed by atoms with Crippen molar-refractivity contribution in [1.82, 2.24) is 9.80 Å². The molecular formula is C25H26F5N7O4. The van der Waals surface area contributed by atoms with Crippen molar-refractivity contribution in [2.45, 2.75) is 19.0 Å². The summed E-state index contributed by atoms with van der Waals surface area (Å²) >= 11 is 0. The highest BCUT2D eigenvalue weighted by Gasteiger charge is 2.38. The van der Waals surface area contributed by atoms with Gasteiger partial charge in [0.1, 0.15) is 11.6 Å². The highest BCUT2D eigenvalue weighted by atomic mass is 19.4. The van der Waals surface area contributed by atoms with Crippen LogP contribution >= 0.6 is 0 Å². The van der Waals surface area contributed by atoms with E-state index in [0.717, 1.165) is 23.3 Å². The predicted octanol–water partition coefficient (Wildman–Crippen LogP) is 3.41. The summed E-state index contributed by atoms with van der Waals surface area (Å²) in [5.74, 6) is -5.05. The van der Waals surface area contributed by atoms with Gasteiger partial charge in [-0.2, -0.15) is 13.2 Å². The van der Waals surface area contributed by atoms with Crippen molar-refractivity contribution in [2.24, 2.45) is 11.5 Å². The second-order valence-electron chi connectivity index (χ2n) is 8.89. The molecule has 0 unspecified atom stereocenters. The van der Waals surface area contributed by atoms with Crippen LogP contribution in [-0.2, 0) is 4.79 Å². The summed E-state index contributed by atoms with van der Waals surface area (Å²) in [6, 6.07) is 3.70. The number of guanidine groups is 2. The van der Waals surface area contributed by atoms with E-state index in [9.17, 15) is 26.7 Å². The van der Waals surface area contributed by atoms with E-state index < -0.39 is 29.7 Å². The summed E-state index contributed by atoms with van der Waals surface area (Å²) < 4.78 is 66.6. The molecule has 41 heavy (non-hydrogen) atoms. The van der Waals surface area contributed by atoms with Gasteiger partial charge in [-0.25, -0.2) is 13.6 Å². The zero-order valence-corrected chi connectivity index (χ0v) is 21.3. The number of alkyl halides is 3. The molecule has 0 fully saturated rings. The summed E-state index contributed by atoms with van der Waals surface area (Å²) in [5, 5.41) is 24.5. The Balaban J connectivity index is 0.000000587. The molecule has 1 aromatic heterocycles. The van der Waals surface area contributed by atoms with Gasteiger partial charge in [0.25, 0.3) is 5.91 Å². The van der Waals surface area contributed by atoms with Crippen LogP contribution in [0.15, 0.2) is 41.0 Å². The van der Waals surface area contributed by atoms with E-state index in [4.69, 9.17) is 36.6 Å². The van der Waals surface area contributed by atoms with Crippen LogP contribution in [0.3, 0.4) is 0 Å². The number of hydrogen-bond donors (Lipinski definition) is 6. The van der Waals surface area contributed by atoms with Crippen LogP contribution in [0.4, 0.5) is 27.6 Å². The van der Waals surface area contributed by atoms with Crippen molar-refractivity contribution in [3.63, 3.8) is 0 Å². The Morgan fingerprint density at radius 3 is 1.83 bits per heavy atom. The van der Waals surface area contributed by atoms with E-state index in [1.807, 2.05) is 6.08 Å². The normalized spacial score (nSPS) is 15.2. The van der Waals surface area contributed by atoms with E-state index in [2.05, 4.69) is 5.32 Å². The summed E-state index contributed by atoms with van der Waals surface area (Å²) in [4.78, 5) is 24.8. The van der Waals surface area contributed by atoms with Crippen LogP contribution in [-0.4, -0.2) is 71.1 Å². The Hall–Kier alpha value is -4.89. The van der Waals surface area contributed by atoms with Gasteiger partial charge in [0, 0.05) is 43.0 Å². The molecule has 220 valence electrons. The summed E-state index contributed by atoms with van der Waals surface area (Å²) in [5.41, 5.74) is 13.0. The number of furan rings is 1. The van der Waals surface area contributed by atoms with Crippen molar-refractivity contribution >= 4 is 40.6 Å². The molecular weight excluding hydrogens is 557 g/mol. The van der Waals surface area contributed by atoms with E-state index in [-0.39, 0.29) is 28.9 Å². The first-order chi connectivity index (χ1) is 19.2. The van der Waals surface area contributed by atoms with Gasteiger partial charge in [0.15, 0.2) is 17.7 Å². The average molecular weight is 584 g/mol. The maximum atomic E-state index is 14.8. The monoisotopic (exact) mass is 583 g/mol. The zero-order chi connectivity index (χ0) is 30.5. The molecule has 0 aliphatic carbocycles. The maximum absolute atomic E-state index is 14.8. The standard InChI is InChI=1S/C23H25F2N7O2.C2HF3O2/c24-17-10-16(11-18(25)20(17)14-3-7-32(8-4-14)23(28)29)30-21(33)19-9-15(12-34-19)13-1-5-31(6-2-13)22(26)27;3-2(4,5)1(6)7/h1,3,9-12H,2,4-8H2,(H3,26,27)(H3,28,29)(H,30,33);(H,6,7). The van der Waals surface area contributed by atoms with Crippen molar-refractivity contribution in [3.8, 4) is 0 Å². The Morgan fingerprint density at radius 2 is 1.41 bits per heavy atom. The van der Waals surface area contributed by atoms with Crippen LogP contribution in [0.1, 0.15) is 34.5 Å². The third-order valence-electron chi connectivity index (χ3n) is 6.16. The van der Waals surface area contributed by atoms with Gasteiger partial charge in [-0.3, -0.25) is 15.6 Å². The van der Waals surface area contributed by atoms with Gasteiger partial charge in [-0.05, 0) is 42.2 Å². The number of aliphatic carboxylic acids is 1. The number of anilines is 1. The number of hydrogen-bond acceptors (Lipinski definition) is 5. The van der Waals surface area contributed by atoms with E-state index in [1.165, 1.54) is 6.26 Å². The molecule has 1 aromatic carbocycles. The summed E-state index contributed by atoms with van der Waals surface area (Å²) in [6.07, 6.45) is 0.905. The number of carbonyl (C=O) groups is 2. The molecule has 0 saturated carbocycles. The first kappa shape index (κ1) is 30.6. The molecule has 3 heterocycles. The van der Waals surface area contributed by atoms with Crippen molar-refractivity contribution < 1.29 is 41.1 Å². The SMILES string of the molecule is N=C(N)N1CC=C(c2coc(C(=O)Nc3cc(F)c(C4=CCN(C(=N)N)CC4)c(F)c3)c2)CC1.O=C(O)C(F)(F)F. The molecule has 11 nitrogen and oxygen atoms in total. The summed E-state index contributed by atoms with van der Waals surface area (Å²) in [7, 11) is 0. The van der Waals surface area contributed by atoms with Gasteiger partial charge < -0.3 is 36.1 Å². The van der Waals surface area contributed by atoms with Crippen LogP contribution in [0.5, 0.6) is 0 Å². The van der Waals surface area contributed by atoms with Gasteiger partial charge in [-0.1, -0.05) is 12.2 Å². The number of nitrogens with zero attached hydrogens (tertiary/aromatic N) is 2. The fourth-order valence-electron chi connectivity index (χ4n) is 4.03. The Morgan fingerprint density at radius 1 is 0.927 bits per heavy atom. The number of halogens is 5. The molecule has 2 aliphatic rings. The quantitative estimate of drug-likeness (QED) is 0.180. The zero-order valence-electron chi connectivity index (χ0n) is 21.3. The number of benzene rings is 1. The number of nitrogens with two attached hydrogens (primary N) is 2. The highest BCUT2D eigenvalue weighted by Crippen LogP contribution is 2.30. The van der Waals surface area contributed by atoms with Crippen molar-refractivity contribution in [3.05, 3.63) is 65.1 Å². The number of carbonyl (C=O) groups excluding carboxylic acids is 1. The minimum atomic E-state index is -5.08. The van der Waals surface area contributed by atoms with Gasteiger partial charge >= 0.3 is 12.1 Å². The second kappa shape index (κ2) is 12.5. The lowest BCUT2D eigenvalue weighted by molar-refractivity contribution is -0.192. The minimum Gasteiger partial charge on any atom is -0.475 e. The Labute approximate surface area is 229 Å². The number of amides is 1. The lowest BCUT2D eigenvalue weighted by Gasteiger charge is -2.27. The third kappa shape index (κ3) is 7.83. The molecule has 16 heteroatoms. The van der Waals surface area contributed by atoms with Gasteiger partial charge in [0.2, 0.25) is 0 Å². The first-order valence-electron chi connectivity index (χ1n) is 11.9. The first-order valence-corrected chi connectivity index (χ1v) is 11.9. The number of carboxylic acids is 1. The largest absolute Gasteiger partial charge is 0.490 e. The second-order valence-corrected chi connectivity index (χ2v) is 8.89. The molecule has 2 aromatic rings. The fraction of sp³-hybridized carbons (Fsp3) is 0.280. The van der Waals surface area contributed by atoms with E-state index >= 15 is 0 Å². The third-order valence-corrected chi connectivity index (χ3v) is 6.16. The molecule has 0 saturated heterocycles. The van der Waals surface area contributed by atoms with Crippen LogP contribution < -0.4 is 16.8 Å².